The average Bonchev–Trinajstić information content (AvgIpc) is 2.91. The summed E-state index contributed by atoms with van der Waals surface area (Å²) in [7, 11) is 4.15. The number of hydrogen-bond donors (Lipinski definition) is 0. The Morgan fingerprint density at radius 2 is 1.52 bits per heavy atom. The van der Waals surface area contributed by atoms with E-state index in [1.165, 1.54) is 22.3 Å². The Balaban J connectivity index is 1.84. The van der Waals surface area contributed by atoms with Crippen LogP contribution in [0.3, 0.4) is 0 Å². The molecule has 1 aliphatic carbocycles. The molecular formula is C20H23NO2. The zero-order chi connectivity index (χ0) is 15.9. The first-order valence-electron chi connectivity index (χ1n) is 8.32. The fourth-order valence-electron chi connectivity index (χ4n) is 3.83. The van der Waals surface area contributed by atoms with Gasteiger partial charge in [0.25, 0.3) is 0 Å². The molecular weight excluding hydrogens is 286 g/mol. The largest absolute Gasteiger partial charge is 0.339 e. The SMILES string of the molecule is CN(C)C[C@@H]1COC2(O1)c1ccccc1CCc1ccccc12. The van der Waals surface area contributed by atoms with Crippen LogP contribution in [-0.4, -0.2) is 38.3 Å². The van der Waals surface area contributed by atoms with Crippen LogP contribution in [0, 0.1) is 0 Å². The molecule has 1 heterocycles. The van der Waals surface area contributed by atoms with Crippen LogP contribution in [-0.2, 0) is 28.1 Å². The monoisotopic (exact) mass is 309 g/mol. The summed E-state index contributed by atoms with van der Waals surface area (Å²) in [5.41, 5.74) is 5.00. The maximum atomic E-state index is 6.57. The van der Waals surface area contributed by atoms with Crippen LogP contribution in [0.15, 0.2) is 48.5 Å². The summed E-state index contributed by atoms with van der Waals surface area (Å²) in [6.45, 7) is 1.49. The Bertz CT molecular complexity index is 663. The van der Waals surface area contributed by atoms with Gasteiger partial charge in [-0.25, -0.2) is 0 Å². The zero-order valence-corrected chi connectivity index (χ0v) is 13.8. The summed E-state index contributed by atoms with van der Waals surface area (Å²) in [5.74, 6) is -0.746. The lowest BCUT2D eigenvalue weighted by molar-refractivity contribution is -0.144. The van der Waals surface area contributed by atoms with Crippen LogP contribution >= 0.6 is 0 Å². The molecule has 1 fully saturated rings. The van der Waals surface area contributed by atoms with E-state index in [9.17, 15) is 0 Å². The molecule has 0 saturated carbocycles. The van der Waals surface area contributed by atoms with Crippen molar-refractivity contribution in [2.24, 2.45) is 0 Å². The minimum Gasteiger partial charge on any atom is -0.339 e. The van der Waals surface area contributed by atoms with Crippen molar-refractivity contribution in [2.75, 3.05) is 27.2 Å². The first-order valence-corrected chi connectivity index (χ1v) is 8.32. The van der Waals surface area contributed by atoms with Crippen molar-refractivity contribution >= 4 is 0 Å². The fraction of sp³-hybridized carbons (Fsp3) is 0.400. The summed E-state index contributed by atoms with van der Waals surface area (Å²) in [5, 5.41) is 0. The van der Waals surface area contributed by atoms with Gasteiger partial charge in [0.05, 0.1) is 12.7 Å². The molecule has 1 aliphatic heterocycles. The second-order valence-corrected chi connectivity index (χ2v) is 6.74. The van der Waals surface area contributed by atoms with Gasteiger partial charge in [-0.05, 0) is 38.1 Å². The lowest BCUT2D eigenvalue weighted by Crippen LogP contribution is -2.33. The minimum absolute atomic E-state index is 0.0872. The predicted molar refractivity (Wildman–Crippen MR) is 90.5 cm³/mol. The highest BCUT2D eigenvalue weighted by Crippen LogP contribution is 2.45. The summed E-state index contributed by atoms with van der Waals surface area (Å²) >= 11 is 0. The number of benzene rings is 2. The van der Waals surface area contributed by atoms with Crippen LogP contribution in [0.4, 0.5) is 0 Å². The summed E-state index contributed by atoms with van der Waals surface area (Å²) in [4.78, 5) is 2.15. The van der Waals surface area contributed by atoms with E-state index in [4.69, 9.17) is 9.47 Å². The first kappa shape index (κ1) is 14.9. The topological polar surface area (TPSA) is 21.7 Å². The van der Waals surface area contributed by atoms with E-state index in [2.05, 4.69) is 67.5 Å². The Labute approximate surface area is 137 Å². The third-order valence-electron chi connectivity index (χ3n) is 4.78. The van der Waals surface area contributed by atoms with Gasteiger partial charge >= 0.3 is 0 Å². The smallest absolute Gasteiger partial charge is 0.223 e. The van der Waals surface area contributed by atoms with Crippen molar-refractivity contribution in [1.82, 2.24) is 4.90 Å². The third-order valence-corrected chi connectivity index (χ3v) is 4.78. The number of hydrogen-bond acceptors (Lipinski definition) is 3. The van der Waals surface area contributed by atoms with Crippen LogP contribution in [0.2, 0.25) is 0 Å². The number of ether oxygens (including phenoxy) is 2. The van der Waals surface area contributed by atoms with Crippen molar-refractivity contribution in [3.8, 4) is 0 Å². The molecule has 0 unspecified atom stereocenters. The van der Waals surface area contributed by atoms with E-state index >= 15 is 0 Å². The van der Waals surface area contributed by atoms with Gasteiger partial charge in [0.2, 0.25) is 5.79 Å². The van der Waals surface area contributed by atoms with Crippen LogP contribution in [0.5, 0.6) is 0 Å². The van der Waals surface area contributed by atoms with Gasteiger partial charge in [-0.3, -0.25) is 0 Å². The number of nitrogens with zero attached hydrogens (tertiary/aromatic N) is 1. The predicted octanol–water partition coefficient (Wildman–Crippen LogP) is 2.96. The van der Waals surface area contributed by atoms with Crippen LogP contribution in [0.1, 0.15) is 22.3 Å². The molecule has 2 aliphatic rings. The van der Waals surface area contributed by atoms with Gasteiger partial charge in [-0.1, -0.05) is 48.5 Å². The highest BCUT2D eigenvalue weighted by Gasteiger charge is 2.47. The molecule has 2 aromatic carbocycles. The normalized spacial score (nSPS) is 22.0. The molecule has 0 bridgehead atoms. The van der Waals surface area contributed by atoms with Gasteiger partial charge < -0.3 is 14.4 Å². The van der Waals surface area contributed by atoms with E-state index in [1.54, 1.807) is 0 Å². The van der Waals surface area contributed by atoms with E-state index in [0.29, 0.717) is 6.61 Å². The molecule has 1 spiro atoms. The van der Waals surface area contributed by atoms with E-state index in [1.807, 2.05) is 0 Å². The Morgan fingerprint density at radius 3 is 2.09 bits per heavy atom. The van der Waals surface area contributed by atoms with Crippen LogP contribution < -0.4 is 0 Å². The summed E-state index contributed by atoms with van der Waals surface area (Å²) in [6, 6.07) is 17.1. The molecule has 0 N–H and O–H groups in total. The van der Waals surface area contributed by atoms with Gasteiger partial charge in [0.1, 0.15) is 0 Å². The lowest BCUT2D eigenvalue weighted by Gasteiger charge is -2.31. The van der Waals surface area contributed by atoms with Crippen molar-refractivity contribution in [1.29, 1.82) is 0 Å². The molecule has 120 valence electrons. The third kappa shape index (κ3) is 2.49. The number of aryl methyl sites for hydroxylation is 2. The standard InChI is InChI=1S/C20H23NO2/c1-21(2)13-17-14-22-20(23-17)18-9-5-3-7-15(18)11-12-16-8-4-6-10-19(16)20/h3-10,17H,11-14H2,1-2H3/t17-/m1/s1. The molecule has 2 aromatic rings. The van der Waals surface area contributed by atoms with Gasteiger partial charge in [0.15, 0.2) is 0 Å². The second-order valence-electron chi connectivity index (χ2n) is 6.74. The van der Waals surface area contributed by atoms with Gasteiger partial charge in [-0.15, -0.1) is 0 Å². The highest BCUT2D eigenvalue weighted by atomic mass is 16.7. The molecule has 3 nitrogen and oxygen atoms in total. The average molecular weight is 309 g/mol. The zero-order valence-electron chi connectivity index (χ0n) is 13.8. The van der Waals surface area contributed by atoms with E-state index in [0.717, 1.165) is 19.4 Å². The fourth-order valence-corrected chi connectivity index (χ4v) is 3.83. The van der Waals surface area contributed by atoms with E-state index in [-0.39, 0.29) is 6.10 Å². The van der Waals surface area contributed by atoms with Crippen molar-refractivity contribution in [3.63, 3.8) is 0 Å². The minimum atomic E-state index is -0.746. The molecule has 0 radical (unpaired) electrons. The maximum Gasteiger partial charge on any atom is 0.223 e. The van der Waals surface area contributed by atoms with Crippen molar-refractivity contribution in [3.05, 3.63) is 70.8 Å². The molecule has 1 saturated heterocycles. The van der Waals surface area contributed by atoms with Gasteiger partial charge in [0, 0.05) is 17.7 Å². The Kier molecular flexibility index (Phi) is 3.72. The van der Waals surface area contributed by atoms with E-state index < -0.39 is 5.79 Å². The van der Waals surface area contributed by atoms with Crippen molar-refractivity contribution in [2.45, 2.75) is 24.7 Å². The molecule has 3 heteroatoms. The highest BCUT2D eigenvalue weighted by molar-refractivity contribution is 5.46. The number of fused-ring (bicyclic) bond motifs is 4. The van der Waals surface area contributed by atoms with Crippen molar-refractivity contribution < 1.29 is 9.47 Å². The number of rotatable bonds is 2. The van der Waals surface area contributed by atoms with Gasteiger partial charge in [-0.2, -0.15) is 0 Å². The molecule has 4 rings (SSSR count). The molecule has 0 amide bonds. The molecule has 23 heavy (non-hydrogen) atoms. The second kappa shape index (κ2) is 5.75. The first-order chi connectivity index (χ1) is 11.2. The Morgan fingerprint density at radius 1 is 0.957 bits per heavy atom. The summed E-state index contributed by atoms with van der Waals surface area (Å²) in [6.07, 6.45) is 2.14. The van der Waals surface area contributed by atoms with Crippen LogP contribution in [0.25, 0.3) is 0 Å². The lowest BCUT2D eigenvalue weighted by atomic mass is 9.93. The quantitative estimate of drug-likeness (QED) is 0.851. The maximum absolute atomic E-state index is 6.57. The Hall–Kier alpha value is -1.68. The number of likely N-dealkylation sites (N-methyl/N-ethyl adjacent to an activating group) is 1. The summed E-state index contributed by atoms with van der Waals surface area (Å²) < 4.78 is 12.9. The molecule has 0 aromatic heterocycles. The molecule has 1 atom stereocenters.